The number of nitrogens with one attached hydrogen (secondary N) is 3. The van der Waals surface area contributed by atoms with Gasteiger partial charge in [-0.25, -0.2) is 4.98 Å². The molecule has 2 rings (SSSR count). The third-order valence-electron chi connectivity index (χ3n) is 3.18. The van der Waals surface area contributed by atoms with E-state index < -0.39 is 0 Å². The molecule has 0 aliphatic carbocycles. The van der Waals surface area contributed by atoms with Gasteiger partial charge in [-0.05, 0) is 19.9 Å². The van der Waals surface area contributed by atoms with Gasteiger partial charge in [-0.15, -0.1) is 5.10 Å². The van der Waals surface area contributed by atoms with Gasteiger partial charge in [0.25, 0.3) is 5.91 Å². The molecular formula is C12H21N5O. The lowest BCUT2D eigenvalue weighted by molar-refractivity contribution is 0.0902. The van der Waals surface area contributed by atoms with E-state index in [1.165, 1.54) is 0 Å². The van der Waals surface area contributed by atoms with E-state index in [4.69, 9.17) is 0 Å². The van der Waals surface area contributed by atoms with E-state index in [1.807, 2.05) is 27.7 Å². The Bertz CT molecular complexity index is 440. The Labute approximate surface area is 107 Å². The molecular weight excluding hydrogens is 230 g/mol. The second kappa shape index (κ2) is 4.35. The molecule has 0 radical (unpaired) electrons. The van der Waals surface area contributed by atoms with Gasteiger partial charge in [0.15, 0.2) is 0 Å². The van der Waals surface area contributed by atoms with Crippen molar-refractivity contribution in [3.8, 4) is 0 Å². The van der Waals surface area contributed by atoms with Crippen LogP contribution in [0.15, 0.2) is 0 Å². The SMILES string of the molecule is CC1(NC(=O)c2n[nH]c(C(C)(C)C)n2)CCNC1. The van der Waals surface area contributed by atoms with E-state index in [0.717, 1.165) is 25.3 Å². The van der Waals surface area contributed by atoms with Crippen LogP contribution in [0, 0.1) is 0 Å². The van der Waals surface area contributed by atoms with Gasteiger partial charge in [-0.2, -0.15) is 0 Å². The average Bonchev–Trinajstić information content (AvgIpc) is 2.84. The molecule has 6 nitrogen and oxygen atoms in total. The number of carbonyl (C=O) groups is 1. The van der Waals surface area contributed by atoms with Crippen molar-refractivity contribution in [1.82, 2.24) is 25.8 Å². The molecule has 1 unspecified atom stereocenters. The molecule has 0 saturated carbocycles. The first-order chi connectivity index (χ1) is 8.30. The zero-order valence-corrected chi connectivity index (χ0v) is 11.4. The monoisotopic (exact) mass is 251 g/mol. The van der Waals surface area contributed by atoms with Crippen LogP contribution in [0.5, 0.6) is 0 Å². The Kier molecular flexibility index (Phi) is 3.14. The fourth-order valence-corrected chi connectivity index (χ4v) is 1.95. The summed E-state index contributed by atoms with van der Waals surface area (Å²) in [5.41, 5.74) is -0.329. The van der Waals surface area contributed by atoms with Crippen molar-refractivity contribution >= 4 is 5.91 Å². The summed E-state index contributed by atoms with van der Waals surface area (Å²) in [5.74, 6) is 0.725. The number of nitrogens with zero attached hydrogens (tertiary/aromatic N) is 2. The molecule has 18 heavy (non-hydrogen) atoms. The lowest BCUT2D eigenvalue weighted by Gasteiger charge is -2.23. The van der Waals surface area contributed by atoms with Crippen molar-refractivity contribution in [2.24, 2.45) is 0 Å². The molecule has 1 aromatic heterocycles. The summed E-state index contributed by atoms with van der Waals surface area (Å²) < 4.78 is 0. The van der Waals surface area contributed by atoms with Gasteiger partial charge in [0, 0.05) is 12.0 Å². The van der Waals surface area contributed by atoms with Crippen molar-refractivity contribution in [2.45, 2.75) is 45.1 Å². The molecule has 1 aromatic rings. The van der Waals surface area contributed by atoms with E-state index in [1.54, 1.807) is 0 Å². The van der Waals surface area contributed by atoms with Gasteiger partial charge in [0.1, 0.15) is 5.82 Å². The maximum Gasteiger partial charge on any atom is 0.291 e. The number of amides is 1. The molecule has 1 atom stereocenters. The summed E-state index contributed by atoms with van der Waals surface area (Å²) in [4.78, 5) is 16.3. The van der Waals surface area contributed by atoms with Crippen molar-refractivity contribution in [1.29, 1.82) is 0 Å². The average molecular weight is 251 g/mol. The first kappa shape index (κ1) is 13.0. The minimum absolute atomic E-state index is 0.135. The molecule has 6 heteroatoms. The number of rotatable bonds is 2. The number of aromatic amines is 1. The summed E-state index contributed by atoms with van der Waals surface area (Å²) >= 11 is 0. The van der Waals surface area contributed by atoms with Crippen molar-refractivity contribution in [2.75, 3.05) is 13.1 Å². The Balaban J connectivity index is 2.07. The highest BCUT2D eigenvalue weighted by Crippen LogP contribution is 2.18. The van der Waals surface area contributed by atoms with Gasteiger partial charge >= 0.3 is 0 Å². The lowest BCUT2D eigenvalue weighted by atomic mass is 9.96. The fraction of sp³-hybridized carbons (Fsp3) is 0.750. The highest BCUT2D eigenvalue weighted by atomic mass is 16.2. The number of hydrogen-bond acceptors (Lipinski definition) is 4. The molecule has 1 saturated heterocycles. The first-order valence-corrected chi connectivity index (χ1v) is 6.26. The van der Waals surface area contributed by atoms with E-state index in [2.05, 4.69) is 25.8 Å². The highest BCUT2D eigenvalue weighted by Gasteiger charge is 2.31. The van der Waals surface area contributed by atoms with E-state index in [0.29, 0.717) is 0 Å². The second-order valence-corrected chi connectivity index (χ2v) is 6.20. The quantitative estimate of drug-likeness (QED) is 0.718. The highest BCUT2D eigenvalue weighted by molar-refractivity contribution is 5.90. The summed E-state index contributed by atoms with van der Waals surface area (Å²) in [6.07, 6.45) is 0.926. The normalized spacial score (nSPS) is 24.2. The van der Waals surface area contributed by atoms with Gasteiger partial charge in [-0.1, -0.05) is 20.8 Å². The molecule has 100 valence electrons. The summed E-state index contributed by atoms with van der Waals surface area (Å²) in [6.45, 7) is 9.82. The molecule has 0 bridgehead atoms. The van der Waals surface area contributed by atoms with Crippen LogP contribution in [0.25, 0.3) is 0 Å². The molecule has 2 heterocycles. The molecule has 1 fully saturated rings. The standard InChI is InChI=1S/C12H21N5O/c1-11(2,3)10-14-8(16-17-10)9(18)15-12(4)5-6-13-7-12/h13H,5-7H2,1-4H3,(H,15,18)(H,14,16,17). The number of aromatic nitrogens is 3. The number of hydrogen-bond donors (Lipinski definition) is 3. The molecule has 1 aliphatic rings. The van der Waals surface area contributed by atoms with E-state index in [9.17, 15) is 4.79 Å². The predicted molar refractivity (Wildman–Crippen MR) is 68.4 cm³/mol. The van der Waals surface area contributed by atoms with E-state index in [-0.39, 0.29) is 22.7 Å². The summed E-state index contributed by atoms with van der Waals surface area (Å²) in [5, 5.41) is 13.0. The minimum Gasteiger partial charge on any atom is -0.343 e. The maximum atomic E-state index is 12.1. The molecule has 0 aromatic carbocycles. The second-order valence-electron chi connectivity index (χ2n) is 6.20. The number of H-pyrrole nitrogens is 1. The molecule has 1 aliphatic heterocycles. The Morgan fingerprint density at radius 2 is 2.17 bits per heavy atom. The minimum atomic E-state index is -0.215. The van der Waals surface area contributed by atoms with Crippen LogP contribution in [0.2, 0.25) is 0 Å². The smallest absolute Gasteiger partial charge is 0.291 e. The first-order valence-electron chi connectivity index (χ1n) is 6.26. The van der Waals surface area contributed by atoms with Gasteiger partial charge in [0.2, 0.25) is 5.82 Å². The van der Waals surface area contributed by atoms with Crippen LogP contribution < -0.4 is 10.6 Å². The zero-order valence-electron chi connectivity index (χ0n) is 11.4. The zero-order chi connectivity index (χ0) is 13.4. The van der Waals surface area contributed by atoms with Crippen molar-refractivity contribution < 1.29 is 4.79 Å². The summed E-state index contributed by atoms with van der Waals surface area (Å²) in [6, 6.07) is 0. The van der Waals surface area contributed by atoms with Crippen LogP contribution in [0.4, 0.5) is 0 Å². The van der Waals surface area contributed by atoms with Crippen molar-refractivity contribution in [3.05, 3.63) is 11.6 Å². The van der Waals surface area contributed by atoms with Crippen LogP contribution in [0.3, 0.4) is 0 Å². The molecule has 3 N–H and O–H groups in total. The topological polar surface area (TPSA) is 82.7 Å². The van der Waals surface area contributed by atoms with Crippen molar-refractivity contribution in [3.63, 3.8) is 0 Å². The van der Waals surface area contributed by atoms with Crippen LogP contribution >= 0.6 is 0 Å². The third-order valence-corrected chi connectivity index (χ3v) is 3.18. The van der Waals surface area contributed by atoms with Gasteiger partial charge < -0.3 is 10.6 Å². The number of carbonyl (C=O) groups excluding carboxylic acids is 1. The largest absolute Gasteiger partial charge is 0.343 e. The summed E-state index contributed by atoms with van der Waals surface area (Å²) in [7, 11) is 0. The van der Waals surface area contributed by atoms with Gasteiger partial charge in [0.05, 0.1) is 5.54 Å². The molecule has 1 amide bonds. The predicted octanol–water partition coefficient (Wildman–Crippen LogP) is 0.584. The van der Waals surface area contributed by atoms with Crippen LogP contribution in [0.1, 0.15) is 50.6 Å². The van der Waals surface area contributed by atoms with E-state index >= 15 is 0 Å². The van der Waals surface area contributed by atoms with Crippen LogP contribution in [-0.2, 0) is 5.41 Å². The third kappa shape index (κ3) is 2.69. The van der Waals surface area contributed by atoms with Gasteiger partial charge in [-0.3, -0.25) is 9.89 Å². The van der Waals surface area contributed by atoms with Crippen LogP contribution in [-0.4, -0.2) is 39.7 Å². The maximum absolute atomic E-state index is 12.1. The Morgan fingerprint density at radius 1 is 1.44 bits per heavy atom. The fourth-order valence-electron chi connectivity index (χ4n) is 1.95. The molecule has 0 spiro atoms. The Morgan fingerprint density at radius 3 is 2.67 bits per heavy atom. The Hall–Kier alpha value is -1.43. The lowest BCUT2D eigenvalue weighted by Crippen LogP contribution is -2.47.